The third-order valence-corrected chi connectivity index (χ3v) is 8.21. The minimum Gasteiger partial charge on any atom is -0.453 e. The molecule has 1 aromatic heterocycles. The average Bonchev–Trinajstić information content (AvgIpc) is 3.13. The first-order chi connectivity index (χ1) is 25.0. The van der Waals surface area contributed by atoms with Gasteiger partial charge in [-0.05, 0) is 40.5 Å². The number of nitrogens with one attached hydrogen (secondary N) is 4. The van der Waals surface area contributed by atoms with Crippen LogP contribution in [0.3, 0.4) is 0 Å². The van der Waals surface area contributed by atoms with Gasteiger partial charge in [0.05, 0.1) is 32.1 Å². The average molecular weight is 735 g/mol. The van der Waals surface area contributed by atoms with Crippen LogP contribution in [0.25, 0.3) is 11.3 Å². The Labute approximate surface area is 314 Å². The number of ether oxygens (including phenoxy) is 2. The molecule has 0 fully saturated rings. The lowest BCUT2D eigenvalue weighted by Gasteiger charge is -2.35. The lowest BCUT2D eigenvalue weighted by atomic mass is 9.85. The van der Waals surface area contributed by atoms with Crippen LogP contribution in [0.15, 0.2) is 79.0 Å². The Morgan fingerprint density at radius 3 is 1.74 bits per heavy atom. The number of hydrogen-bond acceptors (Lipinski definition) is 9. The molecule has 3 rings (SSSR count). The first-order valence-corrected chi connectivity index (χ1v) is 17.8. The van der Waals surface area contributed by atoms with Gasteiger partial charge in [0.15, 0.2) is 0 Å². The van der Waals surface area contributed by atoms with Crippen molar-refractivity contribution in [1.82, 2.24) is 31.4 Å². The molecule has 5 N–H and O–H groups in total. The summed E-state index contributed by atoms with van der Waals surface area (Å²) in [6.45, 7) is 14.9. The number of hydrazine groups is 1. The first kappa shape index (κ1) is 44.2. The Bertz CT molecular complexity index is 1580. The number of aliphatic hydroxyl groups excluding tert-OH is 1. The molecule has 13 heteroatoms. The minimum atomic E-state index is -1.22. The van der Waals surface area contributed by atoms with Gasteiger partial charge >= 0.3 is 12.2 Å². The second kappa shape index (κ2) is 20.9. The lowest BCUT2D eigenvalue weighted by molar-refractivity contribution is -0.132. The third kappa shape index (κ3) is 14.5. The molecule has 0 aliphatic rings. The maximum Gasteiger partial charge on any atom is 0.407 e. The Morgan fingerprint density at radius 2 is 1.25 bits per heavy atom. The molecular formula is C40H58N6O7. The van der Waals surface area contributed by atoms with Crippen LogP contribution in [0.5, 0.6) is 0 Å². The Kier molecular flexibility index (Phi) is 17.4. The summed E-state index contributed by atoms with van der Waals surface area (Å²) in [5.74, 6) is -1.03. The number of alkyl carbamates (subject to hydrolysis) is 2. The van der Waals surface area contributed by atoms with Crippen LogP contribution in [0.4, 0.5) is 9.59 Å². The summed E-state index contributed by atoms with van der Waals surface area (Å²) in [4.78, 5) is 56.3. The number of methoxy groups -OCH3 is 2. The maximum absolute atomic E-state index is 13.8. The molecule has 3 aromatic rings. The molecular weight excluding hydrogens is 676 g/mol. The molecule has 0 aliphatic carbocycles. The monoisotopic (exact) mass is 734 g/mol. The molecule has 0 radical (unpaired) electrons. The van der Waals surface area contributed by atoms with Crippen LogP contribution in [0.1, 0.15) is 66.5 Å². The van der Waals surface area contributed by atoms with E-state index in [0.29, 0.717) is 0 Å². The molecule has 53 heavy (non-hydrogen) atoms. The van der Waals surface area contributed by atoms with Crippen molar-refractivity contribution in [2.45, 2.75) is 92.6 Å². The topological polar surface area (TPSA) is 171 Å². The highest BCUT2D eigenvalue weighted by atomic mass is 16.5. The van der Waals surface area contributed by atoms with Crippen molar-refractivity contribution in [3.05, 3.63) is 90.1 Å². The van der Waals surface area contributed by atoms with Crippen LogP contribution >= 0.6 is 0 Å². The van der Waals surface area contributed by atoms with Gasteiger partial charge in [0.25, 0.3) is 5.91 Å². The van der Waals surface area contributed by atoms with Crippen LogP contribution in [-0.2, 0) is 32.0 Å². The Hall–Kier alpha value is -5.01. The Morgan fingerprint density at radius 1 is 0.717 bits per heavy atom. The zero-order valence-corrected chi connectivity index (χ0v) is 32.7. The summed E-state index contributed by atoms with van der Waals surface area (Å²) in [7, 11) is 2.44. The fourth-order valence-electron chi connectivity index (χ4n) is 5.38. The van der Waals surface area contributed by atoms with Gasteiger partial charge in [-0.1, -0.05) is 116 Å². The molecule has 0 saturated heterocycles. The predicted octanol–water partition coefficient (Wildman–Crippen LogP) is 5.24. The van der Waals surface area contributed by atoms with E-state index >= 15 is 0 Å². The van der Waals surface area contributed by atoms with Gasteiger partial charge in [0.1, 0.15) is 12.1 Å². The van der Waals surface area contributed by atoms with Gasteiger partial charge in [0.2, 0.25) is 5.91 Å². The molecule has 13 nitrogen and oxygen atoms in total. The number of aromatic nitrogens is 1. The van der Waals surface area contributed by atoms with Crippen molar-refractivity contribution in [2.75, 3.05) is 20.8 Å². The van der Waals surface area contributed by atoms with Gasteiger partial charge in [-0.2, -0.15) is 0 Å². The minimum absolute atomic E-state index is 0.120. The van der Waals surface area contributed by atoms with Gasteiger partial charge < -0.3 is 30.5 Å². The number of aliphatic hydroxyl groups is 1. The van der Waals surface area contributed by atoms with Crippen LogP contribution in [-0.4, -0.2) is 84.1 Å². The van der Waals surface area contributed by atoms with E-state index in [0.717, 1.165) is 22.4 Å². The van der Waals surface area contributed by atoms with E-state index in [2.05, 4.69) is 26.4 Å². The number of benzene rings is 2. The molecule has 2 aromatic carbocycles. The summed E-state index contributed by atoms with van der Waals surface area (Å²) in [5, 5.41) is 21.6. The van der Waals surface area contributed by atoms with E-state index in [4.69, 9.17) is 9.47 Å². The van der Waals surface area contributed by atoms with Crippen LogP contribution in [0.2, 0.25) is 0 Å². The van der Waals surface area contributed by atoms with Crippen molar-refractivity contribution in [3.63, 3.8) is 0 Å². The zero-order valence-electron chi connectivity index (χ0n) is 32.7. The van der Waals surface area contributed by atoms with Gasteiger partial charge in [-0.3, -0.25) is 20.0 Å². The highest BCUT2D eigenvalue weighted by Crippen LogP contribution is 2.23. The molecule has 4 atom stereocenters. The van der Waals surface area contributed by atoms with Crippen molar-refractivity contribution in [1.29, 1.82) is 0 Å². The quantitative estimate of drug-likeness (QED) is 0.139. The summed E-state index contributed by atoms with van der Waals surface area (Å²) in [6, 6.07) is 19.8. The molecule has 0 saturated carbocycles. The van der Waals surface area contributed by atoms with E-state index in [-0.39, 0.29) is 19.5 Å². The molecule has 3 unspecified atom stereocenters. The molecule has 290 valence electrons. The van der Waals surface area contributed by atoms with Crippen molar-refractivity contribution in [2.24, 2.45) is 10.8 Å². The fourth-order valence-corrected chi connectivity index (χ4v) is 5.38. The summed E-state index contributed by atoms with van der Waals surface area (Å²) in [6.07, 6.45) is -0.778. The van der Waals surface area contributed by atoms with Gasteiger partial charge in [-0.25, -0.2) is 14.6 Å². The number of pyridine rings is 1. The number of hydrogen-bond donors (Lipinski definition) is 5. The first-order valence-electron chi connectivity index (χ1n) is 17.8. The fraction of sp³-hybridized carbons (Fsp3) is 0.475. The van der Waals surface area contributed by atoms with E-state index in [1.807, 2.05) is 107 Å². The number of nitrogens with zero attached hydrogens (tertiary/aromatic N) is 2. The Balaban J connectivity index is 0.00000477. The SMILES string of the molecule is CC.COC(=O)NC(C(=O)N[C@@H](Cc1ccccc1)C(O)CN(Cc1ccc(-c2ccccn2)cc1)NC(=O)C(NC(=O)OC)C(C)(C)C)C(C)(C)C. The molecule has 0 aliphatic heterocycles. The smallest absolute Gasteiger partial charge is 0.407 e. The van der Waals surface area contributed by atoms with Crippen LogP contribution < -0.4 is 21.4 Å². The normalized spacial score (nSPS) is 13.6. The second-order valence-electron chi connectivity index (χ2n) is 14.5. The van der Waals surface area contributed by atoms with Crippen molar-refractivity contribution < 1.29 is 33.8 Å². The largest absolute Gasteiger partial charge is 0.453 e. The van der Waals surface area contributed by atoms with Crippen molar-refractivity contribution >= 4 is 24.0 Å². The third-order valence-electron chi connectivity index (χ3n) is 8.21. The summed E-state index contributed by atoms with van der Waals surface area (Å²) < 4.78 is 9.54. The van der Waals surface area contributed by atoms with E-state index < -0.39 is 59.1 Å². The summed E-state index contributed by atoms with van der Waals surface area (Å²) >= 11 is 0. The van der Waals surface area contributed by atoms with Crippen LogP contribution in [0, 0.1) is 10.8 Å². The predicted molar refractivity (Wildman–Crippen MR) is 205 cm³/mol. The molecule has 1 heterocycles. The molecule has 4 amide bonds. The molecule has 0 bridgehead atoms. The number of carbonyl (C=O) groups is 4. The maximum atomic E-state index is 13.8. The number of amides is 4. The lowest BCUT2D eigenvalue weighted by Crippen LogP contribution is -2.60. The molecule has 0 spiro atoms. The van der Waals surface area contributed by atoms with Gasteiger partial charge in [-0.15, -0.1) is 0 Å². The number of rotatable bonds is 14. The van der Waals surface area contributed by atoms with E-state index in [1.54, 1.807) is 32.0 Å². The number of carbonyl (C=O) groups excluding carboxylic acids is 4. The standard InChI is InChI=1S/C38H52N6O7.C2H6/c1-37(2,3)31(41-35(48)50-7)33(46)40-29(22-25-14-10-9-11-15-25)30(45)24-44(43-34(47)32(38(4,5)6)42-36(49)51-8)23-26-17-19-27(20-18-26)28-16-12-13-21-39-28;1-2/h9-21,29-32,45H,22-24H2,1-8H3,(H,40,46)(H,41,48)(H,42,49)(H,43,47);1-2H3/t29-,30?,31?,32?;/m0./s1. The summed E-state index contributed by atoms with van der Waals surface area (Å²) in [5.41, 5.74) is 4.88. The van der Waals surface area contributed by atoms with E-state index in [1.165, 1.54) is 14.2 Å². The highest BCUT2D eigenvalue weighted by molar-refractivity contribution is 5.87. The van der Waals surface area contributed by atoms with Gasteiger partial charge in [0, 0.05) is 24.8 Å². The second-order valence-corrected chi connectivity index (χ2v) is 14.5. The van der Waals surface area contributed by atoms with E-state index in [9.17, 15) is 24.3 Å². The highest BCUT2D eigenvalue weighted by Gasteiger charge is 2.37. The zero-order chi connectivity index (χ0) is 39.8. The van der Waals surface area contributed by atoms with Crippen molar-refractivity contribution in [3.8, 4) is 11.3 Å².